The summed E-state index contributed by atoms with van der Waals surface area (Å²) in [5, 5.41) is 44.8. The van der Waals surface area contributed by atoms with Gasteiger partial charge in [0, 0.05) is 5.69 Å². The molecule has 12 heteroatoms. The highest BCUT2D eigenvalue weighted by Gasteiger charge is 2.69. The van der Waals surface area contributed by atoms with Gasteiger partial charge in [-0.15, -0.1) is 0 Å². The third-order valence-electron chi connectivity index (χ3n) is 4.79. The number of unbranched alkanes of at least 4 members (excludes halogenated alkanes) is 6. The highest BCUT2D eigenvalue weighted by molar-refractivity contribution is 5.77. The first-order valence-electron chi connectivity index (χ1n) is 9.69. The number of nitrogens with one attached hydrogen (secondary N) is 1. The maximum absolute atomic E-state index is 11.4. The summed E-state index contributed by atoms with van der Waals surface area (Å²) in [5.74, 6) is -4.30. The molecule has 1 aromatic rings. The highest BCUT2D eigenvalue weighted by atomic mass is 16.7. The van der Waals surface area contributed by atoms with Gasteiger partial charge in [-0.25, -0.2) is 4.79 Å². The van der Waals surface area contributed by atoms with Crippen molar-refractivity contribution < 1.29 is 24.7 Å². The number of nitrogens with zero attached hydrogens (tertiary/aromatic N) is 3. The van der Waals surface area contributed by atoms with Crippen LogP contribution in [0.3, 0.4) is 0 Å². The molecule has 1 unspecified atom stereocenters. The molecule has 0 radical (unpaired) electrons. The van der Waals surface area contributed by atoms with E-state index >= 15 is 0 Å². The molecule has 1 atom stereocenters. The van der Waals surface area contributed by atoms with Crippen molar-refractivity contribution in [2.45, 2.75) is 69.6 Å². The third-order valence-corrected chi connectivity index (χ3v) is 4.79. The molecular weight excluding hydrogens is 400 g/mol. The van der Waals surface area contributed by atoms with Gasteiger partial charge in [0.05, 0.1) is 0 Å². The summed E-state index contributed by atoms with van der Waals surface area (Å²) in [7, 11) is 0. The van der Waals surface area contributed by atoms with Crippen LogP contribution in [-0.2, 0) is 4.79 Å². The Kier molecular flexibility index (Phi) is 10.1. The lowest BCUT2D eigenvalue weighted by Gasteiger charge is -2.15. The van der Waals surface area contributed by atoms with E-state index in [0.717, 1.165) is 24.9 Å². The Morgan fingerprint density at radius 2 is 1.33 bits per heavy atom. The summed E-state index contributed by atoms with van der Waals surface area (Å²) in [6, 6.07) is 8.37. The van der Waals surface area contributed by atoms with E-state index in [9.17, 15) is 40.2 Å². The maximum Gasteiger partial charge on any atom is 0.699 e. The molecule has 12 nitrogen and oxygen atoms in total. The molecule has 0 amide bonds. The number of para-hydroxylation sites is 1. The van der Waals surface area contributed by atoms with Crippen LogP contribution in [0.15, 0.2) is 30.3 Å². The molecule has 0 heterocycles. The lowest BCUT2D eigenvalue weighted by molar-refractivity contribution is -0.970. The van der Waals surface area contributed by atoms with Gasteiger partial charge in [0.15, 0.2) is 21.2 Å². The number of aliphatic carboxylic acids is 1. The lowest BCUT2D eigenvalue weighted by Crippen LogP contribution is -2.53. The van der Waals surface area contributed by atoms with Crippen molar-refractivity contribution in [3.05, 3.63) is 60.7 Å². The summed E-state index contributed by atoms with van der Waals surface area (Å²) in [6.07, 6.45) is 3.80. The molecule has 0 bridgehead atoms. The van der Waals surface area contributed by atoms with Crippen LogP contribution in [-0.4, -0.2) is 37.7 Å². The topological polar surface area (TPSA) is 179 Å². The van der Waals surface area contributed by atoms with Gasteiger partial charge in [-0.2, -0.15) is 0 Å². The Morgan fingerprint density at radius 3 is 1.80 bits per heavy atom. The molecule has 0 spiro atoms. The summed E-state index contributed by atoms with van der Waals surface area (Å²) in [5.41, 5.74) is 0.736. The van der Waals surface area contributed by atoms with Crippen LogP contribution in [0.4, 0.5) is 5.69 Å². The molecule has 0 aliphatic heterocycles. The number of rotatable bonds is 16. The molecule has 2 N–H and O–H groups in total. The number of carboxylic acid groups (broad SMARTS) is 1. The Bertz CT molecular complexity index is 692. The second-order valence-electron chi connectivity index (χ2n) is 6.96. The molecule has 1 aromatic carbocycles. The van der Waals surface area contributed by atoms with E-state index in [1.807, 2.05) is 18.2 Å². The number of hydrogen-bond acceptors (Lipinski definition) is 8. The largest absolute Gasteiger partial charge is 0.699 e. The standard InChI is InChI=1S/C18H26N4O8/c23-17(24)16(19-15-11-7-6-8-12-15)13-9-4-2-1-3-5-10-14-18(20(25)26,21(27)28)22(29)30/h6-8,11-12,16,19H,1-5,9-10,13-14H2,(H,23,24). The van der Waals surface area contributed by atoms with Crippen LogP contribution < -0.4 is 5.32 Å². The molecule has 0 fully saturated rings. The minimum Gasteiger partial charge on any atom is -0.480 e. The van der Waals surface area contributed by atoms with Gasteiger partial charge in [0.1, 0.15) is 6.04 Å². The molecular formula is C18H26N4O8. The number of anilines is 1. The zero-order chi connectivity index (χ0) is 22.6. The fourth-order valence-corrected chi connectivity index (χ4v) is 3.06. The van der Waals surface area contributed by atoms with Gasteiger partial charge in [0.2, 0.25) is 0 Å². The Labute approximate surface area is 172 Å². The summed E-state index contributed by atoms with van der Waals surface area (Å²) >= 11 is 0. The molecule has 0 aliphatic rings. The van der Waals surface area contributed by atoms with E-state index in [1.54, 1.807) is 12.1 Å². The van der Waals surface area contributed by atoms with Gasteiger partial charge in [-0.1, -0.05) is 56.7 Å². The van der Waals surface area contributed by atoms with Crippen molar-refractivity contribution in [2.75, 3.05) is 5.32 Å². The quantitative estimate of drug-likeness (QED) is 0.173. The lowest BCUT2D eigenvalue weighted by atomic mass is 10.0. The van der Waals surface area contributed by atoms with Crippen molar-refractivity contribution in [3.63, 3.8) is 0 Å². The zero-order valence-electron chi connectivity index (χ0n) is 16.5. The van der Waals surface area contributed by atoms with E-state index in [1.165, 1.54) is 0 Å². The van der Waals surface area contributed by atoms with Crippen molar-refractivity contribution in [1.82, 2.24) is 0 Å². The average Bonchev–Trinajstić information content (AvgIpc) is 2.68. The van der Waals surface area contributed by atoms with Crippen molar-refractivity contribution >= 4 is 11.7 Å². The first-order valence-corrected chi connectivity index (χ1v) is 9.69. The molecule has 0 saturated heterocycles. The van der Waals surface area contributed by atoms with Crippen molar-refractivity contribution in [3.8, 4) is 0 Å². The SMILES string of the molecule is O=C(O)C(CCCCCCCCCC([N+](=O)[O-])([N+](=O)[O-])[N+](=O)[O-])Nc1ccccc1. The predicted molar refractivity (Wildman–Crippen MR) is 107 cm³/mol. The number of carbonyl (C=O) groups is 1. The van der Waals surface area contributed by atoms with E-state index in [2.05, 4.69) is 5.32 Å². The highest BCUT2D eigenvalue weighted by Crippen LogP contribution is 2.22. The number of hydrogen-bond donors (Lipinski definition) is 2. The zero-order valence-corrected chi connectivity index (χ0v) is 16.5. The summed E-state index contributed by atoms with van der Waals surface area (Å²) < 4.78 is 0. The van der Waals surface area contributed by atoms with E-state index in [-0.39, 0.29) is 6.42 Å². The minimum absolute atomic E-state index is 0.00498. The van der Waals surface area contributed by atoms with Crippen molar-refractivity contribution in [2.24, 2.45) is 0 Å². The van der Waals surface area contributed by atoms with Crippen LogP contribution >= 0.6 is 0 Å². The molecule has 0 saturated carbocycles. The normalized spacial score (nSPS) is 12.1. The number of nitro groups is 3. The van der Waals surface area contributed by atoms with E-state index in [0.29, 0.717) is 25.7 Å². The first-order chi connectivity index (χ1) is 14.2. The Balaban J connectivity index is 2.24. The van der Waals surface area contributed by atoms with Gasteiger partial charge < -0.3 is 10.4 Å². The molecule has 0 aromatic heterocycles. The predicted octanol–water partition coefficient (Wildman–Crippen LogP) is 3.55. The van der Waals surface area contributed by atoms with Crippen LogP contribution in [0.5, 0.6) is 0 Å². The van der Waals surface area contributed by atoms with E-state index in [4.69, 9.17) is 0 Å². The summed E-state index contributed by atoms with van der Waals surface area (Å²) in [6.45, 7) is 0. The Morgan fingerprint density at radius 1 is 0.867 bits per heavy atom. The van der Waals surface area contributed by atoms with Crippen LogP contribution in [0, 0.1) is 30.3 Å². The molecule has 30 heavy (non-hydrogen) atoms. The maximum atomic E-state index is 11.4. The van der Waals surface area contributed by atoms with Gasteiger partial charge in [-0.05, 0) is 25.0 Å². The van der Waals surface area contributed by atoms with Crippen LogP contribution in [0.1, 0.15) is 57.8 Å². The summed E-state index contributed by atoms with van der Waals surface area (Å²) in [4.78, 5) is 39.5. The molecule has 166 valence electrons. The molecule has 1 rings (SSSR count). The van der Waals surface area contributed by atoms with Crippen molar-refractivity contribution in [1.29, 1.82) is 0 Å². The monoisotopic (exact) mass is 426 g/mol. The Hall–Kier alpha value is -3.31. The van der Waals surface area contributed by atoms with Gasteiger partial charge >= 0.3 is 11.8 Å². The number of benzene rings is 1. The fourth-order valence-electron chi connectivity index (χ4n) is 3.06. The first kappa shape index (κ1) is 24.7. The van der Waals surface area contributed by atoms with Crippen LogP contribution in [0.2, 0.25) is 0 Å². The second-order valence-corrected chi connectivity index (χ2v) is 6.96. The molecule has 0 aliphatic carbocycles. The second kappa shape index (κ2) is 12.3. The smallest absolute Gasteiger partial charge is 0.480 e. The van der Waals surface area contributed by atoms with Gasteiger partial charge in [0.25, 0.3) is 0 Å². The average molecular weight is 426 g/mol. The van der Waals surface area contributed by atoms with Crippen LogP contribution in [0.25, 0.3) is 0 Å². The van der Waals surface area contributed by atoms with E-state index < -0.39 is 39.0 Å². The van der Waals surface area contributed by atoms with Gasteiger partial charge in [-0.3, -0.25) is 30.3 Å². The fraction of sp³-hybridized carbons (Fsp3) is 0.611. The minimum atomic E-state index is -3.38. The third kappa shape index (κ3) is 7.26. The number of carboxylic acids is 1.